The number of carbonyl (C=O) groups is 1. The number of hydrogen-bond acceptors (Lipinski definition) is 2. The first-order valence-corrected chi connectivity index (χ1v) is 3.42. The van der Waals surface area contributed by atoms with Gasteiger partial charge in [0.1, 0.15) is 0 Å². The van der Waals surface area contributed by atoms with Crippen molar-refractivity contribution in [3.05, 3.63) is 24.3 Å². The summed E-state index contributed by atoms with van der Waals surface area (Å²) in [6.45, 7) is 0. The van der Waals surface area contributed by atoms with E-state index in [-0.39, 0.29) is 0 Å². The van der Waals surface area contributed by atoms with E-state index < -0.39 is 6.09 Å². The molecule has 1 rings (SSSR count). The fourth-order valence-electron chi connectivity index (χ4n) is 0.668. The molecule has 4 heteroatoms. The van der Waals surface area contributed by atoms with Gasteiger partial charge in [-0.05, 0) is 24.3 Å². The standard InChI is InChI=1S/C7H7NO2S/c9-7(10)8-5-1-3-6(11)4-2-5/h1-4,8,11H,(H,9,10). The van der Waals surface area contributed by atoms with Gasteiger partial charge in [0, 0.05) is 10.6 Å². The van der Waals surface area contributed by atoms with Crippen molar-refractivity contribution in [2.75, 3.05) is 5.32 Å². The lowest BCUT2D eigenvalue weighted by molar-refractivity contribution is 0.210. The number of thiol groups is 1. The number of benzene rings is 1. The molecule has 58 valence electrons. The summed E-state index contributed by atoms with van der Waals surface area (Å²) in [5.74, 6) is 0. The van der Waals surface area contributed by atoms with Crippen LogP contribution in [0.3, 0.4) is 0 Å². The molecule has 1 amide bonds. The minimum Gasteiger partial charge on any atom is -0.465 e. The van der Waals surface area contributed by atoms with Crippen LogP contribution in [0.5, 0.6) is 0 Å². The summed E-state index contributed by atoms with van der Waals surface area (Å²) in [6, 6.07) is 6.73. The summed E-state index contributed by atoms with van der Waals surface area (Å²) >= 11 is 4.05. The van der Waals surface area contributed by atoms with Crippen LogP contribution < -0.4 is 5.32 Å². The van der Waals surface area contributed by atoms with Gasteiger partial charge in [-0.1, -0.05) is 0 Å². The highest BCUT2D eigenvalue weighted by atomic mass is 32.1. The highest BCUT2D eigenvalue weighted by molar-refractivity contribution is 7.80. The molecule has 0 saturated carbocycles. The van der Waals surface area contributed by atoms with E-state index in [0.717, 1.165) is 4.90 Å². The highest BCUT2D eigenvalue weighted by Gasteiger charge is 1.95. The molecule has 0 aliphatic heterocycles. The van der Waals surface area contributed by atoms with E-state index in [9.17, 15) is 4.79 Å². The van der Waals surface area contributed by atoms with E-state index in [0.29, 0.717) is 5.69 Å². The van der Waals surface area contributed by atoms with Gasteiger partial charge < -0.3 is 5.11 Å². The Morgan fingerprint density at radius 3 is 2.36 bits per heavy atom. The zero-order valence-corrected chi connectivity index (χ0v) is 6.51. The maximum atomic E-state index is 10.1. The molecule has 0 saturated heterocycles. The van der Waals surface area contributed by atoms with E-state index in [1.165, 1.54) is 0 Å². The molecule has 11 heavy (non-hydrogen) atoms. The molecule has 0 aliphatic carbocycles. The van der Waals surface area contributed by atoms with Crippen LogP contribution >= 0.6 is 12.6 Å². The monoisotopic (exact) mass is 169 g/mol. The van der Waals surface area contributed by atoms with Crippen molar-refractivity contribution in [2.45, 2.75) is 4.90 Å². The molecule has 0 fully saturated rings. The molecule has 1 aromatic carbocycles. The van der Waals surface area contributed by atoms with E-state index in [1.807, 2.05) is 0 Å². The van der Waals surface area contributed by atoms with Crippen LogP contribution in [0, 0.1) is 0 Å². The molecule has 3 nitrogen and oxygen atoms in total. The fraction of sp³-hybridized carbons (Fsp3) is 0. The van der Waals surface area contributed by atoms with Crippen LogP contribution in [0.15, 0.2) is 29.2 Å². The lowest BCUT2D eigenvalue weighted by Gasteiger charge is -1.98. The summed E-state index contributed by atoms with van der Waals surface area (Å²) in [5.41, 5.74) is 0.551. The quantitative estimate of drug-likeness (QED) is 0.563. The van der Waals surface area contributed by atoms with Crippen LogP contribution in [-0.4, -0.2) is 11.2 Å². The number of rotatable bonds is 1. The Bertz CT molecular complexity index is 258. The number of anilines is 1. The minimum absolute atomic E-state index is 0.551. The normalized spacial score (nSPS) is 9.18. The molecule has 0 unspecified atom stereocenters. The first-order chi connectivity index (χ1) is 5.18. The first kappa shape index (κ1) is 7.94. The number of carboxylic acid groups (broad SMARTS) is 1. The van der Waals surface area contributed by atoms with Gasteiger partial charge in [-0.15, -0.1) is 12.6 Å². The average molecular weight is 169 g/mol. The van der Waals surface area contributed by atoms with Crippen LogP contribution in [0.4, 0.5) is 10.5 Å². The van der Waals surface area contributed by atoms with Gasteiger partial charge in [-0.2, -0.15) is 0 Å². The van der Waals surface area contributed by atoms with Crippen LogP contribution in [0.25, 0.3) is 0 Å². The van der Waals surface area contributed by atoms with Gasteiger partial charge in [-0.25, -0.2) is 4.79 Å². The molecule has 0 aromatic heterocycles. The van der Waals surface area contributed by atoms with Gasteiger partial charge in [0.2, 0.25) is 0 Å². The van der Waals surface area contributed by atoms with Gasteiger partial charge in [0.05, 0.1) is 0 Å². The molecule has 1 aromatic rings. The van der Waals surface area contributed by atoms with E-state index in [2.05, 4.69) is 17.9 Å². The van der Waals surface area contributed by atoms with Crippen LogP contribution in [-0.2, 0) is 0 Å². The summed E-state index contributed by atoms with van der Waals surface area (Å²) < 4.78 is 0. The van der Waals surface area contributed by atoms with E-state index >= 15 is 0 Å². The molecule has 0 aliphatic rings. The zero-order valence-electron chi connectivity index (χ0n) is 5.61. The smallest absolute Gasteiger partial charge is 0.409 e. The molecular weight excluding hydrogens is 162 g/mol. The van der Waals surface area contributed by atoms with Gasteiger partial charge in [0.15, 0.2) is 0 Å². The maximum Gasteiger partial charge on any atom is 0.409 e. The Morgan fingerprint density at radius 2 is 1.91 bits per heavy atom. The topological polar surface area (TPSA) is 49.3 Å². The molecule has 2 N–H and O–H groups in total. The Kier molecular flexibility index (Phi) is 2.38. The van der Waals surface area contributed by atoms with Crippen molar-refractivity contribution in [1.29, 1.82) is 0 Å². The third-order valence-electron chi connectivity index (χ3n) is 1.12. The molecule has 0 atom stereocenters. The number of nitrogens with one attached hydrogen (secondary N) is 1. The predicted octanol–water partition coefficient (Wildman–Crippen LogP) is 2.07. The van der Waals surface area contributed by atoms with Gasteiger partial charge in [-0.3, -0.25) is 5.32 Å². The maximum absolute atomic E-state index is 10.1. The molecule has 0 bridgehead atoms. The third-order valence-corrected chi connectivity index (χ3v) is 1.42. The van der Waals surface area contributed by atoms with Crippen molar-refractivity contribution >= 4 is 24.4 Å². The van der Waals surface area contributed by atoms with Crippen molar-refractivity contribution in [1.82, 2.24) is 0 Å². The van der Waals surface area contributed by atoms with Crippen molar-refractivity contribution in [3.63, 3.8) is 0 Å². The molecule has 0 radical (unpaired) electrons. The van der Waals surface area contributed by atoms with Crippen molar-refractivity contribution in [2.24, 2.45) is 0 Å². The number of hydrogen-bond donors (Lipinski definition) is 3. The SMILES string of the molecule is O=C(O)Nc1ccc(S)cc1. The molecule has 0 heterocycles. The second-order valence-corrected chi connectivity index (χ2v) is 2.49. The summed E-state index contributed by atoms with van der Waals surface area (Å²) in [5, 5.41) is 10.5. The first-order valence-electron chi connectivity index (χ1n) is 2.97. The lowest BCUT2D eigenvalue weighted by Crippen LogP contribution is -2.06. The van der Waals surface area contributed by atoms with Crippen LogP contribution in [0.1, 0.15) is 0 Å². The minimum atomic E-state index is -1.06. The largest absolute Gasteiger partial charge is 0.465 e. The predicted molar refractivity (Wildman–Crippen MR) is 45.3 cm³/mol. The van der Waals surface area contributed by atoms with Crippen molar-refractivity contribution in [3.8, 4) is 0 Å². The number of amides is 1. The Hall–Kier alpha value is -1.16. The molecular formula is C7H7NO2S. The van der Waals surface area contributed by atoms with E-state index in [4.69, 9.17) is 5.11 Å². The Morgan fingerprint density at radius 1 is 1.36 bits per heavy atom. The van der Waals surface area contributed by atoms with E-state index in [1.54, 1.807) is 24.3 Å². The summed E-state index contributed by atoms with van der Waals surface area (Å²) in [6.07, 6.45) is -1.06. The fourth-order valence-corrected chi connectivity index (χ4v) is 0.817. The van der Waals surface area contributed by atoms with Crippen molar-refractivity contribution < 1.29 is 9.90 Å². The summed E-state index contributed by atoms with van der Waals surface area (Å²) in [7, 11) is 0. The third kappa shape index (κ3) is 2.51. The van der Waals surface area contributed by atoms with Gasteiger partial charge >= 0.3 is 6.09 Å². The Labute approximate surface area is 69.5 Å². The van der Waals surface area contributed by atoms with Crippen LogP contribution in [0.2, 0.25) is 0 Å². The highest BCUT2D eigenvalue weighted by Crippen LogP contribution is 2.11. The second-order valence-electron chi connectivity index (χ2n) is 1.98. The summed E-state index contributed by atoms with van der Waals surface area (Å²) in [4.78, 5) is 10.9. The zero-order chi connectivity index (χ0) is 8.27. The van der Waals surface area contributed by atoms with Gasteiger partial charge in [0.25, 0.3) is 0 Å². The second kappa shape index (κ2) is 3.30. The molecule has 0 spiro atoms. The average Bonchev–Trinajstić information content (AvgIpc) is 1.93. The Balaban J connectivity index is 2.74. The lowest BCUT2D eigenvalue weighted by atomic mass is 10.3.